The largest absolute Gasteiger partial charge is 0.508 e. The molecular weight excluding hydrogens is 932 g/mol. The Morgan fingerprint density at radius 1 is 1.01 bits per heavy atom. The average Bonchev–Trinajstić information content (AvgIpc) is 4.23. The van der Waals surface area contributed by atoms with Gasteiger partial charge in [-0.2, -0.15) is 9.97 Å². The minimum atomic E-state index is -0.671. The van der Waals surface area contributed by atoms with Crippen LogP contribution in [0.5, 0.6) is 11.8 Å². The van der Waals surface area contributed by atoms with Gasteiger partial charge < -0.3 is 45.8 Å². The van der Waals surface area contributed by atoms with Crippen LogP contribution in [0.3, 0.4) is 0 Å². The fourth-order valence-corrected chi connectivity index (χ4v) is 11.7. The summed E-state index contributed by atoms with van der Waals surface area (Å²) in [6.45, 7) is 13.3. The molecule has 7 heterocycles. The molecule has 5 aliphatic heterocycles. The first-order chi connectivity index (χ1) is 34.7. The summed E-state index contributed by atoms with van der Waals surface area (Å²) in [5.41, 5.74) is 4.09. The number of thioether (sulfide) groups is 1. The second-order valence-electron chi connectivity index (χ2n) is 20.5. The van der Waals surface area contributed by atoms with Gasteiger partial charge in [0.2, 0.25) is 17.7 Å². The number of hydrogen-bond acceptors (Lipinski definition) is 13. The number of benzene rings is 3. The number of anilines is 1. The first-order valence-corrected chi connectivity index (χ1v) is 26.1. The van der Waals surface area contributed by atoms with E-state index in [1.54, 1.807) is 41.1 Å². The molecule has 5 aliphatic rings. The SMILES string of the molecule is C#Cc1cccc2cc(O)cc(-c3ncc4c(N5CC6CCC(C5)N6)nc(OC)nc4c3F)c12.CC1=C(c2ccc(CNC(=O)C3CCCN3C(=O)C(NC(=O)CCN3CCCC3)C(C)(C)C)cc2)SCN1. The standard InChI is InChI=1S/C29H43N5O3S.C26H22FN5O2/c1-20-25(38-19-31-20)22-11-9-21(10-12-22)18-30-27(36)23-8-7-16-34(23)28(37)26(29(2,3)4)32-24(35)13-17-33-14-5-6-15-33;1-3-14-5-4-6-15-9-18(33)10-19(21(14)15)23-22(27)24-20(11-28-23)25(31-26(30-24)34-2)32-12-16-7-8-17(13-32)29-16/h9-12,23,26,31H,5-8,13-19H2,1-4H3,(H,30,36)(H,32,35);1,4-6,9-11,16-17,29,33H,7-8,12-13H2,2H3. The van der Waals surface area contributed by atoms with Crippen molar-refractivity contribution in [2.24, 2.45) is 5.41 Å². The van der Waals surface area contributed by atoms with Gasteiger partial charge in [0.25, 0.3) is 0 Å². The van der Waals surface area contributed by atoms with Gasteiger partial charge in [0, 0.05) is 84.5 Å². The summed E-state index contributed by atoms with van der Waals surface area (Å²) in [7, 11) is 1.47. The lowest BCUT2D eigenvalue weighted by molar-refractivity contribution is -0.144. The van der Waals surface area contributed by atoms with Crippen LogP contribution in [-0.4, -0.2) is 124 Å². The Balaban J connectivity index is 0.000000179. The monoisotopic (exact) mass is 996 g/mol. The van der Waals surface area contributed by atoms with Gasteiger partial charge in [0.1, 0.15) is 34.9 Å². The van der Waals surface area contributed by atoms with E-state index in [0.29, 0.717) is 71.1 Å². The fourth-order valence-electron chi connectivity index (χ4n) is 10.6. The predicted octanol–water partition coefficient (Wildman–Crippen LogP) is 6.91. The number of allylic oxidation sites excluding steroid dienone is 1. The van der Waals surface area contributed by atoms with Crippen LogP contribution in [0.15, 0.2) is 66.5 Å². The quantitative estimate of drug-likeness (QED) is 0.0816. The topological polar surface area (TPSA) is 177 Å². The molecule has 0 radical (unpaired) electrons. The molecule has 15 nitrogen and oxygen atoms in total. The number of phenols is 1. The van der Waals surface area contributed by atoms with E-state index in [1.807, 2.05) is 39.0 Å². The fraction of sp³-hybridized carbons (Fsp3) is 0.455. The Labute approximate surface area is 425 Å². The molecule has 17 heteroatoms. The van der Waals surface area contributed by atoms with E-state index in [1.165, 1.54) is 42.2 Å². The Kier molecular flexibility index (Phi) is 15.2. The third kappa shape index (κ3) is 11.0. The zero-order valence-corrected chi connectivity index (χ0v) is 42.6. The maximum absolute atomic E-state index is 16.1. The van der Waals surface area contributed by atoms with Crippen molar-refractivity contribution >= 4 is 61.9 Å². The molecule has 0 spiro atoms. The number of aromatic hydroxyl groups is 1. The van der Waals surface area contributed by atoms with Crippen molar-refractivity contribution < 1.29 is 28.6 Å². The number of terminal acetylenes is 1. The van der Waals surface area contributed by atoms with Crippen LogP contribution in [0.1, 0.15) is 89.3 Å². The summed E-state index contributed by atoms with van der Waals surface area (Å²) < 4.78 is 21.4. The summed E-state index contributed by atoms with van der Waals surface area (Å²) >= 11 is 1.80. The first kappa shape index (κ1) is 50.5. The van der Waals surface area contributed by atoms with Crippen molar-refractivity contribution in [1.29, 1.82) is 0 Å². The molecule has 4 saturated heterocycles. The molecule has 5 N–H and O–H groups in total. The number of phenolic OH excluding ortho intramolecular Hbond substituents is 1. The Morgan fingerprint density at radius 3 is 2.44 bits per heavy atom. The van der Waals surface area contributed by atoms with Crippen molar-refractivity contribution in [3.63, 3.8) is 0 Å². The lowest BCUT2D eigenvalue weighted by Gasteiger charge is -2.35. The summed E-state index contributed by atoms with van der Waals surface area (Å²) in [4.78, 5) is 60.4. The molecule has 72 heavy (non-hydrogen) atoms. The van der Waals surface area contributed by atoms with Gasteiger partial charge >= 0.3 is 6.01 Å². The minimum absolute atomic E-state index is 0.00443. The summed E-state index contributed by atoms with van der Waals surface area (Å²) in [6, 6.07) is 16.4. The van der Waals surface area contributed by atoms with Gasteiger partial charge in [-0.1, -0.05) is 63.1 Å². The number of ether oxygens (including phenoxy) is 1. The van der Waals surface area contributed by atoms with Gasteiger partial charge in [-0.15, -0.1) is 18.2 Å². The zero-order valence-electron chi connectivity index (χ0n) is 41.8. The van der Waals surface area contributed by atoms with Crippen LogP contribution in [-0.2, 0) is 20.9 Å². The molecule has 10 rings (SSSR count). The smallest absolute Gasteiger partial charge is 0.318 e. The third-order valence-corrected chi connectivity index (χ3v) is 15.5. The number of nitrogens with one attached hydrogen (secondary N) is 4. The van der Waals surface area contributed by atoms with Crippen molar-refractivity contribution in [2.75, 3.05) is 57.2 Å². The van der Waals surface area contributed by atoms with Crippen molar-refractivity contribution in [3.05, 3.63) is 89.0 Å². The molecule has 2 bridgehead atoms. The summed E-state index contributed by atoms with van der Waals surface area (Å²) in [5.74, 6) is 3.13. The Hall–Kier alpha value is -6.48. The second kappa shape index (κ2) is 21.7. The van der Waals surface area contributed by atoms with Gasteiger partial charge in [-0.05, 0) is 98.7 Å². The molecule has 0 saturated carbocycles. The van der Waals surface area contributed by atoms with Crippen LogP contribution >= 0.6 is 11.8 Å². The van der Waals surface area contributed by atoms with Crippen LogP contribution in [0, 0.1) is 23.6 Å². The molecule has 4 atom stereocenters. The van der Waals surface area contributed by atoms with E-state index in [9.17, 15) is 19.5 Å². The number of piperazine rings is 1. The van der Waals surface area contributed by atoms with Crippen LogP contribution in [0.25, 0.3) is 37.8 Å². The molecule has 0 aliphatic carbocycles. The molecule has 4 unspecified atom stereocenters. The Bertz CT molecular complexity index is 2920. The molecule has 2 aromatic heterocycles. The van der Waals surface area contributed by atoms with Crippen molar-refractivity contribution in [2.45, 2.75) is 103 Å². The molecule has 5 aromatic rings. The summed E-state index contributed by atoms with van der Waals surface area (Å²) in [5, 5.41) is 25.2. The average molecular weight is 997 g/mol. The number of carbonyl (C=O) groups excluding carboxylic acids is 3. The molecule has 378 valence electrons. The highest BCUT2D eigenvalue weighted by atomic mass is 32.2. The number of carbonyl (C=O) groups is 3. The third-order valence-electron chi connectivity index (χ3n) is 14.4. The maximum Gasteiger partial charge on any atom is 0.318 e. The van der Waals surface area contributed by atoms with E-state index in [0.717, 1.165) is 63.4 Å². The molecule has 4 fully saturated rings. The van der Waals surface area contributed by atoms with Crippen molar-refractivity contribution in [3.8, 4) is 35.4 Å². The molecule has 3 aromatic carbocycles. The first-order valence-electron chi connectivity index (χ1n) is 25.1. The zero-order chi connectivity index (χ0) is 50.7. The number of nitrogens with zero attached hydrogens (tertiary/aromatic N) is 6. The van der Waals surface area contributed by atoms with Crippen LogP contribution in [0.2, 0.25) is 0 Å². The van der Waals surface area contributed by atoms with E-state index in [-0.39, 0.29) is 40.7 Å². The van der Waals surface area contributed by atoms with Gasteiger partial charge in [-0.3, -0.25) is 19.4 Å². The highest BCUT2D eigenvalue weighted by molar-refractivity contribution is 8.08. The van der Waals surface area contributed by atoms with E-state index in [4.69, 9.17) is 11.2 Å². The second-order valence-corrected chi connectivity index (χ2v) is 21.5. The Morgan fingerprint density at radius 2 is 1.76 bits per heavy atom. The number of pyridine rings is 1. The number of amides is 3. The number of aromatic nitrogens is 3. The number of halogens is 1. The number of hydrogen-bond donors (Lipinski definition) is 5. The normalized spacial score (nSPS) is 20.3. The van der Waals surface area contributed by atoms with Gasteiger partial charge in [0.15, 0.2) is 5.82 Å². The highest BCUT2D eigenvalue weighted by Gasteiger charge is 2.42. The number of fused-ring (bicyclic) bond motifs is 4. The molecule has 3 amide bonds. The van der Waals surface area contributed by atoms with Gasteiger partial charge in [0.05, 0.1) is 18.4 Å². The highest BCUT2D eigenvalue weighted by Crippen LogP contribution is 2.39. The van der Waals surface area contributed by atoms with E-state index < -0.39 is 23.3 Å². The van der Waals surface area contributed by atoms with Crippen LogP contribution in [0.4, 0.5) is 10.2 Å². The number of likely N-dealkylation sites (tertiary alicyclic amines) is 2. The number of methoxy groups -OCH3 is 1. The lowest BCUT2D eigenvalue weighted by Crippen LogP contribution is -2.57. The minimum Gasteiger partial charge on any atom is -0.508 e. The lowest BCUT2D eigenvalue weighted by atomic mass is 9.85. The van der Waals surface area contributed by atoms with E-state index >= 15 is 4.39 Å². The summed E-state index contributed by atoms with van der Waals surface area (Å²) in [6.07, 6.45) is 13.7. The van der Waals surface area contributed by atoms with Crippen molar-refractivity contribution in [1.82, 2.24) is 46.0 Å². The maximum atomic E-state index is 16.1. The number of rotatable bonds is 12. The van der Waals surface area contributed by atoms with E-state index in [2.05, 4.69) is 71.0 Å². The van der Waals surface area contributed by atoms with Crippen LogP contribution < -0.4 is 30.9 Å². The predicted molar refractivity (Wildman–Crippen MR) is 281 cm³/mol. The molecular formula is C55H65FN10O5S. The van der Waals surface area contributed by atoms with Gasteiger partial charge in [-0.25, -0.2) is 4.39 Å².